The van der Waals surface area contributed by atoms with Crippen molar-refractivity contribution in [1.29, 1.82) is 0 Å². The Labute approximate surface area is 406 Å². The largest absolute Gasteiger partial charge is 0.396 e. The molecule has 71 heavy (non-hydrogen) atoms. The van der Waals surface area contributed by atoms with Crippen LogP contribution in [-0.2, 0) is 38.0 Å². The fourth-order valence-electron chi connectivity index (χ4n) is 8.63. The number of amides is 1. The average molecular weight is 1050 g/mol. The fourth-order valence-corrected chi connectivity index (χ4v) is 8.63. The van der Waals surface area contributed by atoms with Crippen molar-refractivity contribution in [3.8, 4) is 0 Å². The molecule has 24 N–H and O–H groups in total. The lowest BCUT2D eigenvalue weighted by molar-refractivity contribution is -0.326. The summed E-state index contributed by atoms with van der Waals surface area (Å²) in [7, 11) is 0. The molecule has 1 saturated heterocycles. The zero-order valence-electron chi connectivity index (χ0n) is 38.6. The quantitative estimate of drug-likeness (QED) is 0.0210. The first kappa shape index (κ1) is 63.6. The Hall–Kier alpha value is -1.69. The van der Waals surface area contributed by atoms with Crippen LogP contribution in [0.15, 0.2) is 0 Å². The molecule has 0 radical (unpaired) electrons. The van der Waals surface area contributed by atoms with Crippen LogP contribution in [0.3, 0.4) is 0 Å². The van der Waals surface area contributed by atoms with Gasteiger partial charge in [0.15, 0.2) is 31.5 Å². The number of rotatable bonds is 34. The molecule has 0 aromatic carbocycles. The zero-order valence-corrected chi connectivity index (χ0v) is 38.6. The maximum Gasteiger partial charge on any atom is 0.234 e. The van der Waals surface area contributed by atoms with Crippen molar-refractivity contribution < 1.29 is 140 Å². The summed E-state index contributed by atoms with van der Waals surface area (Å²) < 4.78 is 38.0. The summed E-state index contributed by atoms with van der Waals surface area (Å²) in [6.45, 7) is -4.11. The molecule has 3 aliphatic rings. The van der Waals surface area contributed by atoms with Gasteiger partial charge in [0.1, 0.15) is 48.8 Å². The molecule has 0 bridgehead atoms. The van der Waals surface area contributed by atoms with Crippen LogP contribution < -0.4 is 16.4 Å². The Morgan fingerprint density at radius 3 is 1.69 bits per heavy atom. The minimum absolute atomic E-state index is 0.0160. The van der Waals surface area contributed by atoms with Gasteiger partial charge in [-0.2, -0.15) is 0 Å². The van der Waals surface area contributed by atoms with E-state index in [1.54, 1.807) is 0 Å². The Kier molecular flexibility index (Phi) is 28.1. The van der Waals surface area contributed by atoms with Crippen molar-refractivity contribution in [2.24, 2.45) is 29.4 Å². The fraction of sp³-hybridized carbons (Fsp3) is 0.975. The van der Waals surface area contributed by atoms with Gasteiger partial charge in [0.2, 0.25) is 5.91 Å². The van der Waals surface area contributed by atoms with Crippen LogP contribution >= 0.6 is 0 Å². The molecule has 2 saturated carbocycles. The monoisotopic (exact) mass is 1050 g/mol. The Morgan fingerprint density at radius 2 is 1.14 bits per heavy atom. The van der Waals surface area contributed by atoms with Crippen LogP contribution in [0.4, 0.5) is 0 Å². The molecule has 1 heterocycles. The number of aliphatic hydroxyl groups excluding tert-OH is 20. The lowest BCUT2D eigenvalue weighted by Gasteiger charge is -2.42. The number of aliphatic hydroxyl groups is 20. The van der Waals surface area contributed by atoms with Crippen molar-refractivity contribution in [3.05, 3.63) is 0 Å². The molecular formula is C40H77N3O28. The summed E-state index contributed by atoms with van der Waals surface area (Å²) in [6, 6.07) is 0. The topological polar surface area (TPSA) is 536 Å². The summed E-state index contributed by atoms with van der Waals surface area (Å²) in [6.07, 6.45) is -45.4. The first-order valence-electron chi connectivity index (χ1n) is 23.1. The van der Waals surface area contributed by atoms with Gasteiger partial charge in [-0.3, -0.25) is 4.79 Å². The average Bonchev–Trinajstić information content (AvgIpc) is 3.72. The van der Waals surface area contributed by atoms with E-state index in [1.165, 1.54) is 0 Å². The van der Waals surface area contributed by atoms with Gasteiger partial charge in [-0.1, -0.05) is 0 Å². The van der Waals surface area contributed by atoms with E-state index in [0.29, 0.717) is 13.1 Å². The van der Waals surface area contributed by atoms with E-state index in [0.717, 1.165) is 0 Å². The maximum absolute atomic E-state index is 11.7. The SMILES string of the molecule is NCCNCC(=O)NCCOCCO[C@@H](O)C(O)C(O[C@@H](O)C(O)C(O[C@@H](O)C1C(O[C@@H](O)C2C(O[C@H]3OC(CO)[C@@H](O)C(O)C3O)C(CO)[C@@H](O)C2O)C(CO)[C@@H](O)C1O)[C@H](O)CCO)[C@H](O)CCO. The third-order valence-electron chi connectivity index (χ3n) is 12.6. The Bertz CT molecular complexity index is 1470. The van der Waals surface area contributed by atoms with Crippen molar-refractivity contribution >= 4 is 5.91 Å². The number of ether oxygens (including phenoxy) is 7. The third-order valence-corrected chi connectivity index (χ3v) is 12.6. The second-order valence-corrected chi connectivity index (χ2v) is 17.4. The normalized spacial score (nSPS) is 35.6. The van der Waals surface area contributed by atoms with Gasteiger partial charge in [-0.05, 0) is 12.8 Å². The highest BCUT2D eigenvalue weighted by molar-refractivity contribution is 5.77. The van der Waals surface area contributed by atoms with Crippen LogP contribution in [0, 0.1) is 23.7 Å². The van der Waals surface area contributed by atoms with Crippen LogP contribution in [0.2, 0.25) is 0 Å². The molecule has 0 spiro atoms. The van der Waals surface area contributed by atoms with Crippen molar-refractivity contribution in [1.82, 2.24) is 10.6 Å². The molecule has 0 aromatic rings. The van der Waals surface area contributed by atoms with E-state index >= 15 is 0 Å². The van der Waals surface area contributed by atoms with Gasteiger partial charge in [0.25, 0.3) is 0 Å². The minimum Gasteiger partial charge on any atom is -0.396 e. The first-order valence-corrected chi connectivity index (χ1v) is 23.1. The summed E-state index contributed by atoms with van der Waals surface area (Å²) in [4.78, 5) is 11.7. The molecule has 3 rings (SSSR count). The molecule has 1 aliphatic heterocycles. The molecule has 31 heteroatoms. The van der Waals surface area contributed by atoms with Gasteiger partial charge in [0.05, 0.1) is 107 Å². The molecular weight excluding hydrogens is 970 g/mol. The van der Waals surface area contributed by atoms with Gasteiger partial charge < -0.3 is 152 Å². The molecule has 0 aromatic heterocycles. The third kappa shape index (κ3) is 16.9. The second-order valence-electron chi connectivity index (χ2n) is 17.4. The van der Waals surface area contributed by atoms with E-state index in [4.69, 9.17) is 38.9 Å². The lowest BCUT2D eigenvalue weighted by atomic mass is 9.96. The van der Waals surface area contributed by atoms with E-state index in [1.807, 2.05) is 0 Å². The van der Waals surface area contributed by atoms with Gasteiger partial charge in [-0.25, -0.2) is 0 Å². The van der Waals surface area contributed by atoms with Gasteiger partial charge in [-0.15, -0.1) is 0 Å². The molecule has 1 amide bonds. The number of hydrogen-bond donors (Lipinski definition) is 23. The molecule has 2 aliphatic carbocycles. The van der Waals surface area contributed by atoms with E-state index in [2.05, 4.69) is 10.6 Å². The zero-order chi connectivity index (χ0) is 53.3. The summed E-state index contributed by atoms with van der Waals surface area (Å²) >= 11 is 0. The standard InChI is InChI=1S/C40H77N3O28/c41-3-4-42-11-20(51)43-5-8-65-9-10-66-38(63)30(59)34(17(49)1-6-44)70-39(64)31(60)35(18(50)2-7-45)69-37(62)21-26(55)23(52)15(12-46)32(21)68-36(61)22-27(56)24(53)16(13-47)33(22)71-40-29(58)28(57)25(54)19(14-48)67-40/h15-19,21-40,42,44-50,52-64H,1-14,41H2,(H,43,51)/t15?,16?,17-,18-,19?,21?,22?,23-,24-,25-,26?,27?,28?,29?,30?,31?,32?,33?,34?,35?,36-,37-,38-,39-,40-/m1/s1. The highest BCUT2D eigenvalue weighted by atomic mass is 16.7. The molecule has 420 valence electrons. The van der Waals surface area contributed by atoms with Gasteiger partial charge in [0, 0.05) is 44.7 Å². The Morgan fingerprint density at radius 1 is 0.592 bits per heavy atom. The maximum atomic E-state index is 11.7. The van der Waals surface area contributed by atoms with E-state index in [-0.39, 0.29) is 38.8 Å². The van der Waals surface area contributed by atoms with Crippen LogP contribution in [-0.4, -0.2) is 316 Å². The lowest BCUT2D eigenvalue weighted by Crippen LogP contribution is -2.60. The second kappa shape index (κ2) is 31.4. The van der Waals surface area contributed by atoms with Crippen molar-refractivity contribution in [2.45, 2.75) is 142 Å². The molecule has 31 nitrogen and oxygen atoms in total. The summed E-state index contributed by atoms with van der Waals surface area (Å²) in [5.41, 5.74) is 5.35. The van der Waals surface area contributed by atoms with Crippen LogP contribution in [0.25, 0.3) is 0 Å². The molecule has 15 unspecified atom stereocenters. The smallest absolute Gasteiger partial charge is 0.234 e. The number of nitrogens with one attached hydrogen (secondary N) is 2. The van der Waals surface area contributed by atoms with Crippen LogP contribution in [0.1, 0.15) is 12.8 Å². The highest BCUT2D eigenvalue weighted by Gasteiger charge is 2.59. The predicted molar refractivity (Wildman–Crippen MR) is 229 cm³/mol. The number of nitrogens with two attached hydrogens (primary N) is 1. The first-order chi connectivity index (χ1) is 33.7. The highest BCUT2D eigenvalue weighted by Crippen LogP contribution is 2.43. The van der Waals surface area contributed by atoms with Crippen molar-refractivity contribution in [2.75, 3.05) is 79.0 Å². The summed E-state index contributed by atoms with van der Waals surface area (Å²) in [5, 5.41) is 218. The number of hydrogen-bond acceptors (Lipinski definition) is 30. The molecule has 25 atom stereocenters. The predicted octanol–water partition coefficient (Wildman–Crippen LogP) is -13.6. The summed E-state index contributed by atoms with van der Waals surface area (Å²) in [5.74, 6) is -7.36. The minimum atomic E-state index is -2.65. The van der Waals surface area contributed by atoms with E-state index < -0.39 is 199 Å². The Balaban J connectivity index is 1.79. The van der Waals surface area contributed by atoms with Crippen molar-refractivity contribution in [3.63, 3.8) is 0 Å². The molecule has 3 fully saturated rings. The van der Waals surface area contributed by atoms with Crippen LogP contribution in [0.5, 0.6) is 0 Å². The number of carbonyl (C=O) groups is 1. The van der Waals surface area contributed by atoms with E-state index in [9.17, 15) is 107 Å². The number of carbonyl (C=O) groups excluding carboxylic acids is 1. The van der Waals surface area contributed by atoms with Gasteiger partial charge >= 0.3 is 0 Å².